The number of pyridine rings is 1. The molecule has 7 heterocycles. The first-order chi connectivity index (χ1) is 57.9. The second-order valence-electron chi connectivity index (χ2n) is 32.3. The van der Waals surface area contributed by atoms with Gasteiger partial charge in [-0.25, -0.2) is 24.4 Å². The zero-order valence-corrected chi connectivity index (χ0v) is 72.3. The molecule has 2 saturated heterocycles. The number of amides is 1. The summed E-state index contributed by atoms with van der Waals surface area (Å²) in [4.78, 5) is 115. The minimum Gasteiger partial charge on any atom is -0.460 e. The number of aromatic amines is 1. The number of carbonyl (C=O) groups excluding carboxylic acids is 7. The number of hydrogen-bond donors (Lipinski definition) is 4. The highest BCUT2D eigenvalue weighted by Gasteiger charge is 2.53. The van der Waals surface area contributed by atoms with Gasteiger partial charge in [-0.3, -0.25) is 28.8 Å². The van der Waals surface area contributed by atoms with Crippen molar-refractivity contribution in [3.63, 3.8) is 0 Å². The maximum absolute atomic E-state index is 14.7. The molecule has 1 saturated carbocycles. The van der Waals surface area contributed by atoms with E-state index < -0.39 is 95.9 Å². The van der Waals surface area contributed by atoms with Crippen LogP contribution in [0.2, 0.25) is 0 Å². The highest BCUT2D eigenvalue weighted by molar-refractivity contribution is 6.39. The molecule has 1 amide bonds. The van der Waals surface area contributed by atoms with Gasteiger partial charge in [0.2, 0.25) is 5.79 Å². The molecule has 120 heavy (non-hydrogen) atoms. The van der Waals surface area contributed by atoms with Crippen LogP contribution in [-0.4, -0.2) is 274 Å². The average molecular weight is 1680 g/mol. The smallest absolute Gasteiger partial charge is 0.329 e. The van der Waals surface area contributed by atoms with Crippen LogP contribution in [0.25, 0.3) is 33.3 Å². The molecule has 5 N–H and O–H groups in total. The van der Waals surface area contributed by atoms with Crippen molar-refractivity contribution in [1.82, 2.24) is 34.6 Å². The van der Waals surface area contributed by atoms with Crippen LogP contribution in [0.5, 0.6) is 0 Å². The number of carbonyl (C=O) groups is 7. The number of H-pyrrole nitrogens is 1. The average Bonchev–Trinajstić information content (AvgIpc) is 1.55. The number of aliphatic hydroxyl groups is 2. The number of allylic oxidation sites excluding steroid dienone is 6. The number of nitrogens with one attached hydrogen (secondary N) is 1. The molecular weight excluding hydrogens is 1550 g/mol. The Bertz CT molecular complexity index is 3960. The van der Waals surface area contributed by atoms with E-state index in [-0.39, 0.29) is 67.4 Å². The van der Waals surface area contributed by atoms with Gasteiger partial charge in [-0.2, -0.15) is 5.10 Å². The number of hydrogen-bond acceptors (Lipinski definition) is 28. The maximum Gasteiger partial charge on any atom is 0.329 e. The van der Waals surface area contributed by atoms with Gasteiger partial charge in [0.15, 0.2) is 11.4 Å². The summed E-state index contributed by atoms with van der Waals surface area (Å²) < 4.78 is 82.9. The van der Waals surface area contributed by atoms with Gasteiger partial charge in [-0.05, 0) is 138 Å². The van der Waals surface area contributed by atoms with E-state index in [2.05, 4.69) is 19.9 Å². The molecule has 668 valence electrons. The Morgan fingerprint density at radius 3 is 2.02 bits per heavy atom. The largest absolute Gasteiger partial charge is 0.460 e. The number of piperidine rings is 1. The van der Waals surface area contributed by atoms with E-state index in [0.29, 0.717) is 217 Å². The molecule has 4 aromatic rings. The number of aromatic nitrogens is 6. The fourth-order valence-electron chi connectivity index (χ4n) is 16.0. The van der Waals surface area contributed by atoms with Gasteiger partial charge in [-0.15, -0.1) is 0 Å². The van der Waals surface area contributed by atoms with E-state index in [9.17, 15) is 43.8 Å². The number of esters is 2. The van der Waals surface area contributed by atoms with E-state index in [4.69, 9.17) is 77.1 Å². The number of nitrogen functional groups attached to an aromatic ring is 1. The van der Waals surface area contributed by atoms with Gasteiger partial charge in [0.1, 0.15) is 65.5 Å². The van der Waals surface area contributed by atoms with Crippen LogP contribution in [0.4, 0.5) is 5.82 Å². The normalized spacial score (nSPS) is 27.4. The number of aryl methyl sites for hydroxylation is 1. The predicted octanol–water partition coefficient (Wildman–Crippen LogP) is 10.1. The summed E-state index contributed by atoms with van der Waals surface area (Å²) in [6, 6.07) is 2.77. The predicted molar refractivity (Wildman–Crippen MR) is 448 cm³/mol. The summed E-state index contributed by atoms with van der Waals surface area (Å²) in [5.74, 6) is -8.41. The number of ether oxygens (including phenoxy) is 14. The van der Waals surface area contributed by atoms with E-state index in [1.807, 2.05) is 74.2 Å². The number of aliphatic hydroxyl groups excluding tert-OH is 1. The van der Waals surface area contributed by atoms with E-state index in [1.54, 1.807) is 54.2 Å². The molecular formula is C89H134N8O23. The Morgan fingerprint density at radius 1 is 0.700 bits per heavy atom. The number of nitrogens with two attached hydrogens (primary N) is 1. The van der Waals surface area contributed by atoms with Crippen LogP contribution >= 0.6 is 0 Å². The van der Waals surface area contributed by atoms with E-state index in [0.717, 1.165) is 41.4 Å². The first-order valence-electron chi connectivity index (χ1n) is 43.2. The van der Waals surface area contributed by atoms with Crippen LogP contribution in [0, 0.1) is 35.5 Å². The van der Waals surface area contributed by atoms with Crippen molar-refractivity contribution in [1.29, 1.82) is 0 Å². The van der Waals surface area contributed by atoms with Crippen molar-refractivity contribution < 1.29 is 110 Å². The zero-order chi connectivity index (χ0) is 86.4. The number of Topliss-reactive ketones (excluding diaryl/α,β-unsaturated/α-hetero) is 4. The lowest BCUT2D eigenvalue weighted by Crippen LogP contribution is -2.61. The standard InChI is InChI=1S/C89H134N8O23/c1-59-20-13-11-14-21-60(2)74(107-8)55-70-27-25-65(7)89(106,120-70)83(103)87(104)96-32-18-16-23-71(96)88(105)119-75(56-72(99)61(3)51-64(6)81(102)82(109-10)80(101)63(5)50-59)62(4)52-66-26-28-73(76(53-66)108-9)118-77(100)24-19-34-110-36-38-112-40-42-114-44-46-116-48-49-117-47-45-115-43-41-113-39-37-111-35-30-69(98)22-15-12-17-33-97-86-78(84(90)93-58-94-86)79(95-97)68-54-67-29-31-91-85(67)92-57-68/h11,13-14,20-21,29,31,51,54,57-59,61-63,65-66,70-71,73-76,81-82,102,106H,12,15-19,22-28,30,32-50,52-53,55-56H2,1-10H3,(H,91,92)(H2,90,93,94)/b14-11+,20-13+,60-21+,64-51+/t59-,61-,62-,63-,65-,66+,70+,71+,73-,74+,75+,76-,81-,82+,89-/m1/s1. The van der Waals surface area contributed by atoms with Crippen LogP contribution in [-0.2, 0) is 106 Å². The summed E-state index contributed by atoms with van der Waals surface area (Å²) in [6.45, 7) is 19.5. The van der Waals surface area contributed by atoms with Gasteiger partial charge < -0.3 is 92.1 Å². The van der Waals surface area contributed by atoms with Gasteiger partial charge in [0, 0.05) is 114 Å². The van der Waals surface area contributed by atoms with Crippen LogP contribution in [0.1, 0.15) is 170 Å². The SMILES string of the molecule is CO[C@H]1C[C@@H]2CC[C@@H](C)[C@@](O)(O2)C(=O)C(=O)N2CCCC[C@H]2C(=O)O[C@H]([C@H](C)C[C@@H]2CC[C@@H](OC(=O)CCCOCCOCCOCCOCCOCCOCCOCCOCCC(=O)CCCCCn3nc(-c4cnc5[nH]ccc5c4)c4c(N)ncnc43)[C@H](OC)C2)CC(=O)[C@H](C)/C=C(\C)[C@@H](O)[C@@H](OC)C(=O)[C@H](C)C[C@H](C)/C=C/C=C/C=C/1C. The number of ketones is 4. The Hall–Kier alpha value is -7.47. The molecule has 3 aliphatic heterocycles. The highest BCUT2D eigenvalue weighted by atomic mass is 16.6. The third-order valence-corrected chi connectivity index (χ3v) is 23.1. The second kappa shape index (κ2) is 52.2. The van der Waals surface area contributed by atoms with Gasteiger partial charge in [-0.1, -0.05) is 77.5 Å². The lowest BCUT2D eigenvalue weighted by molar-refractivity contribution is -0.265. The molecule has 1 aliphatic carbocycles. The fourth-order valence-corrected chi connectivity index (χ4v) is 16.0. The summed E-state index contributed by atoms with van der Waals surface area (Å²) in [7, 11) is 4.51. The molecule has 0 radical (unpaired) electrons. The number of fused-ring (bicyclic) bond motifs is 5. The number of rotatable bonds is 42. The van der Waals surface area contributed by atoms with Crippen molar-refractivity contribution in [2.75, 3.05) is 139 Å². The molecule has 4 aliphatic rings. The molecule has 0 spiro atoms. The number of cyclic esters (lactones) is 1. The minimum atomic E-state index is -2.48. The Balaban J connectivity index is 0.655. The lowest BCUT2D eigenvalue weighted by Gasteiger charge is -2.42. The van der Waals surface area contributed by atoms with E-state index >= 15 is 0 Å². The minimum absolute atomic E-state index is 0.00155. The number of anilines is 1. The fraction of sp³-hybridized carbons (Fsp3) is 0.697. The van der Waals surface area contributed by atoms with E-state index in [1.165, 1.54) is 18.3 Å². The molecule has 3 fully saturated rings. The summed E-state index contributed by atoms with van der Waals surface area (Å²) in [5, 5.41) is 30.3. The number of methoxy groups -OCH3 is 3. The number of unbranched alkanes of at least 4 members (excludes halogenated alkanes) is 2. The first kappa shape index (κ1) is 98.0. The van der Waals surface area contributed by atoms with Crippen LogP contribution in [0.3, 0.4) is 0 Å². The third-order valence-electron chi connectivity index (χ3n) is 23.1. The van der Waals surface area contributed by atoms with Crippen molar-refractivity contribution in [2.45, 2.75) is 232 Å². The van der Waals surface area contributed by atoms with Crippen molar-refractivity contribution in [3.8, 4) is 11.3 Å². The molecule has 15 atom stereocenters. The summed E-state index contributed by atoms with van der Waals surface area (Å²) >= 11 is 0. The second-order valence-corrected chi connectivity index (χ2v) is 32.3. The molecule has 0 unspecified atom stereocenters. The van der Waals surface area contributed by atoms with Crippen LogP contribution < -0.4 is 5.73 Å². The number of nitrogens with zero attached hydrogens (tertiary/aromatic N) is 6. The third kappa shape index (κ3) is 30.8. The summed E-state index contributed by atoms with van der Waals surface area (Å²) in [6.07, 6.45) is 19.2. The first-order valence-corrected chi connectivity index (χ1v) is 43.2. The molecule has 31 nitrogen and oxygen atoms in total. The Morgan fingerprint density at radius 2 is 1.37 bits per heavy atom. The Kier molecular flexibility index (Phi) is 42.6. The van der Waals surface area contributed by atoms with Gasteiger partial charge in [0.25, 0.3) is 11.7 Å². The zero-order valence-electron chi connectivity index (χ0n) is 72.3. The lowest BCUT2D eigenvalue weighted by atomic mass is 9.78. The van der Waals surface area contributed by atoms with Crippen LogP contribution in [0.15, 0.2) is 78.5 Å². The highest BCUT2D eigenvalue weighted by Crippen LogP contribution is 2.39. The molecule has 31 heteroatoms. The van der Waals surface area contributed by atoms with Crippen molar-refractivity contribution in [2.24, 2.45) is 35.5 Å². The molecule has 8 rings (SSSR count). The van der Waals surface area contributed by atoms with Crippen molar-refractivity contribution in [3.05, 3.63) is 78.5 Å². The Labute approximate surface area is 706 Å². The van der Waals surface area contributed by atoms with Crippen molar-refractivity contribution >= 4 is 68.9 Å². The quantitative estimate of drug-likeness (QED) is 0.0139. The molecule has 0 aromatic carbocycles. The monoisotopic (exact) mass is 1680 g/mol. The topological polar surface area (TPSA) is 391 Å². The molecule has 4 aromatic heterocycles. The van der Waals surface area contributed by atoms with Gasteiger partial charge >= 0.3 is 11.9 Å². The molecule has 2 bridgehead atoms. The van der Waals surface area contributed by atoms with Gasteiger partial charge in [0.05, 0.1) is 123 Å². The maximum atomic E-state index is 14.7. The summed E-state index contributed by atoms with van der Waals surface area (Å²) in [5.41, 5.74) is 10.5.